The number of hydrazone groups is 1. The molecule has 0 atom stereocenters. The Morgan fingerprint density at radius 2 is 1.88 bits per heavy atom. The third kappa shape index (κ3) is 5.80. The van der Waals surface area contributed by atoms with Gasteiger partial charge in [-0.3, -0.25) is 9.59 Å². The minimum absolute atomic E-state index is 0.0420. The van der Waals surface area contributed by atoms with E-state index in [1.54, 1.807) is 25.1 Å². The maximum atomic E-state index is 12.0. The Morgan fingerprint density at radius 3 is 2.54 bits per heavy atom. The van der Waals surface area contributed by atoms with E-state index in [4.69, 9.17) is 23.2 Å². The quantitative estimate of drug-likeness (QED) is 0.596. The molecule has 1 aliphatic carbocycles. The van der Waals surface area contributed by atoms with E-state index in [1.807, 2.05) is 0 Å². The minimum atomic E-state index is -0.235. The second kappa shape index (κ2) is 9.04. The van der Waals surface area contributed by atoms with Gasteiger partial charge in [0.05, 0.1) is 16.5 Å². The standard InChI is InChI=1S/C17H21Cl2N3O2/c1-11(21-22-17(24)12-5-3-2-4-6-12)9-16(23)20-13-7-8-14(18)15(19)10-13/h7-8,10,12H,2-6,9H2,1H3,(H,20,23)(H,22,24)/b21-11-. The van der Waals surface area contributed by atoms with Gasteiger partial charge >= 0.3 is 0 Å². The Labute approximate surface area is 151 Å². The first-order chi connectivity index (χ1) is 11.5. The summed E-state index contributed by atoms with van der Waals surface area (Å²) < 4.78 is 0. The maximum Gasteiger partial charge on any atom is 0.243 e. The first-order valence-corrected chi connectivity index (χ1v) is 8.79. The summed E-state index contributed by atoms with van der Waals surface area (Å²) in [7, 11) is 0. The molecule has 1 fully saturated rings. The van der Waals surface area contributed by atoms with Crippen molar-refractivity contribution in [1.82, 2.24) is 5.43 Å². The van der Waals surface area contributed by atoms with Gasteiger partial charge in [0.1, 0.15) is 0 Å². The number of hydrogen-bond acceptors (Lipinski definition) is 3. The Kier molecular flexibility index (Phi) is 7.06. The fraction of sp³-hybridized carbons (Fsp3) is 0.471. The average Bonchev–Trinajstić information content (AvgIpc) is 2.56. The molecule has 0 heterocycles. The highest BCUT2D eigenvalue weighted by atomic mass is 35.5. The SMILES string of the molecule is C/C(CC(=O)Nc1ccc(Cl)c(Cl)c1)=N/NC(=O)C1CCCCC1. The predicted octanol–water partition coefficient (Wildman–Crippen LogP) is 4.39. The Hall–Kier alpha value is -1.59. The van der Waals surface area contributed by atoms with E-state index >= 15 is 0 Å². The summed E-state index contributed by atoms with van der Waals surface area (Å²) in [6.45, 7) is 1.70. The topological polar surface area (TPSA) is 70.6 Å². The van der Waals surface area contributed by atoms with Crippen LogP contribution in [0.25, 0.3) is 0 Å². The fourth-order valence-electron chi connectivity index (χ4n) is 2.66. The van der Waals surface area contributed by atoms with Crippen molar-refractivity contribution in [3.05, 3.63) is 28.2 Å². The minimum Gasteiger partial charge on any atom is -0.326 e. The van der Waals surface area contributed by atoms with Gasteiger partial charge < -0.3 is 5.32 Å². The van der Waals surface area contributed by atoms with Crippen molar-refractivity contribution in [1.29, 1.82) is 0 Å². The van der Waals surface area contributed by atoms with Crippen LogP contribution in [0.2, 0.25) is 10.0 Å². The third-order valence-electron chi connectivity index (χ3n) is 3.95. The van der Waals surface area contributed by atoms with Crippen molar-refractivity contribution < 1.29 is 9.59 Å². The molecular weight excluding hydrogens is 349 g/mol. The number of hydrogen-bond donors (Lipinski definition) is 2. The van der Waals surface area contributed by atoms with Gasteiger partial charge in [0.15, 0.2) is 0 Å². The highest BCUT2D eigenvalue weighted by Crippen LogP contribution is 2.25. The van der Waals surface area contributed by atoms with Crippen molar-refractivity contribution in [3.8, 4) is 0 Å². The third-order valence-corrected chi connectivity index (χ3v) is 4.69. The molecule has 2 N–H and O–H groups in total. The molecule has 1 aromatic carbocycles. The second-order valence-electron chi connectivity index (χ2n) is 6.01. The predicted molar refractivity (Wildman–Crippen MR) is 97.5 cm³/mol. The molecular formula is C17H21Cl2N3O2. The van der Waals surface area contributed by atoms with Gasteiger partial charge in [0.2, 0.25) is 11.8 Å². The average molecular weight is 370 g/mol. The van der Waals surface area contributed by atoms with E-state index in [9.17, 15) is 9.59 Å². The normalized spacial score (nSPS) is 15.9. The van der Waals surface area contributed by atoms with Crippen LogP contribution in [0.3, 0.4) is 0 Å². The number of rotatable bonds is 5. The van der Waals surface area contributed by atoms with Crippen LogP contribution >= 0.6 is 23.2 Å². The summed E-state index contributed by atoms with van der Waals surface area (Å²) in [5.41, 5.74) is 3.67. The van der Waals surface area contributed by atoms with E-state index < -0.39 is 0 Å². The number of nitrogens with zero attached hydrogens (tertiary/aromatic N) is 1. The molecule has 5 nitrogen and oxygen atoms in total. The van der Waals surface area contributed by atoms with Crippen molar-refractivity contribution in [2.24, 2.45) is 11.0 Å². The lowest BCUT2D eigenvalue weighted by Gasteiger charge is -2.19. The Morgan fingerprint density at radius 1 is 1.17 bits per heavy atom. The number of halogens is 2. The van der Waals surface area contributed by atoms with Gasteiger partial charge in [-0.1, -0.05) is 42.5 Å². The number of amides is 2. The summed E-state index contributed by atoms with van der Waals surface area (Å²) in [6.07, 6.45) is 5.29. The molecule has 0 unspecified atom stereocenters. The molecule has 0 aliphatic heterocycles. The lowest BCUT2D eigenvalue weighted by molar-refractivity contribution is -0.126. The molecule has 1 aromatic rings. The first-order valence-electron chi connectivity index (χ1n) is 8.03. The van der Waals surface area contributed by atoms with Crippen molar-refractivity contribution in [2.75, 3.05) is 5.32 Å². The molecule has 7 heteroatoms. The first kappa shape index (κ1) is 18.7. The summed E-state index contributed by atoms with van der Waals surface area (Å²) in [5.74, 6) is -0.249. The number of carbonyl (C=O) groups is 2. The van der Waals surface area contributed by atoms with Crippen LogP contribution in [0.4, 0.5) is 5.69 Å². The molecule has 2 amide bonds. The summed E-state index contributed by atoms with van der Waals surface area (Å²) in [5, 5.41) is 7.54. The molecule has 0 aromatic heterocycles. The van der Waals surface area contributed by atoms with Gasteiger partial charge in [-0.15, -0.1) is 0 Å². The van der Waals surface area contributed by atoms with Crippen LogP contribution in [0.1, 0.15) is 45.4 Å². The summed E-state index contributed by atoms with van der Waals surface area (Å²) in [6, 6.07) is 4.87. The molecule has 0 saturated heterocycles. The van der Waals surface area contributed by atoms with E-state index in [2.05, 4.69) is 15.8 Å². The Balaban J connectivity index is 1.81. The largest absolute Gasteiger partial charge is 0.326 e. The van der Waals surface area contributed by atoms with Crippen LogP contribution in [-0.4, -0.2) is 17.5 Å². The number of carbonyl (C=O) groups excluding carboxylic acids is 2. The lowest BCUT2D eigenvalue weighted by atomic mass is 9.89. The van der Waals surface area contributed by atoms with Crippen molar-refractivity contribution in [3.63, 3.8) is 0 Å². The lowest BCUT2D eigenvalue weighted by Crippen LogP contribution is -2.29. The monoisotopic (exact) mass is 369 g/mol. The van der Waals surface area contributed by atoms with E-state index in [0.717, 1.165) is 25.7 Å². The van der Waals surface area contributed by atoms with Gasteiger partial charge in [-0.2, -0.15) is 5.10 Å². The molecule has 1 saturated carbocycles. The van der Waals surface area contributed by atoms with Crippen molar-refractivity contribution >= 4 is 46.4 Å². The Bertz CT molecular complexity index is 641. The number of nitrogens with one attached hydrogen (secondary N) is 2. The molecule has 130 valence electrons. The van der Waals surface area contributed by atoms with Crippen LogP contribution in [0, 0.1) is 5.92 Å². The van der Waals surface area contributed by atoms with Gasteiger partial charge in [0, 0.05) is 17.3 Å². The van der Waals surface area contributed by atoms with Crippen LogP contribution < -0.4 is 10.7 Å². The fourth-order valence-corrected chi connectivity index (χ4v) is 2.96. The smallest absolute Gasteiger partial charge is 0.243 e. The summed E-state index contributed by atoms with van der Waals surface area (Å²) in [4.78, 5) is 24.0. The zero-order valence-electron chi connectivity index (χ0n) is 13.6. The molecule has 0 radical (unpaired) electrons. The molecule has 24 heavy (non-hydrogen) atoms. The molecule has 2 rings (SSSR count). The zero-order valence-corrected chi connectivity index (χ0v) is 15.1. The van der Waals surface area contributed by atoms with E-state index in [0.29, 0.717) is 21.4 Å². The molecule has 0 spiro atoms. The highest BCUT2D eigenvalue weighted by molar-refractivity contribution is 6.42. The summed E-state index contributed by atoms with van der Waals surface area (Å²) >= 11 is 11.7. The maximum absolute atomic E-state index is 12.0. The highest BCUT2D eigenvalue weighted by Gasteiger charge is 2.20. The van der Waals surface area contributed by atoms with Crippen LogP contribution in [0.15, 0.2) is 23.3 Å². The second-order valence-corrected chi connectivity index (χ2v) is 6.83. The number of anilines is 1. The van der Waals surface area contributed by atoms with Gasteiger partial charge in [-0.05, 0) is 38.0 Å². The van der Waals surface area contributed by atoms with E-state index in [1.165, 1.54) is 6.42 Å². The molecule has 1 aliphatic rings. The van der Waals surface area contributed by atoms with Crippen molar-refractivity contribution in [2.45, 2.75) is 45.4 Å². The van der Waals surface area contributed by atoms with Gasteiger partial charge in [-0.25, -0.2) is 5.43 Å². The number of benzene rings is 1. The van der Waals surface area contributed by atoms with Crippen LogP contribution in [0.5, 0.6) is 0 Å². The molecule has 0 bridgehead atoms. The van der Waals surface area contributed by atoms with Gasteiger partial charge in [0.25, 0.3) is 0 Å². The van der Waals surface area contributed by atoms with Crippen LogP contribution in [-0.2, 0) is 9.59 Å². The van der Waals surface area contributed by atoms with E-state index in [-0.39, 0.29) is 24.2 Å². The zero-order chi connectivity index (χ0) is 17.5.